The average Bonchev–Trinajstić information content (AvgIpc) is 2.96. The zero-order chi connectivity index (χ0) is 23.4. The van der Waals surface area contributed by atoms with Crippen molar-refractivity contribution in [3.05, 3.63) is 35.6 Å². The highest BCUT2D eigenvalue weighted by Crippen LogP contribution is 2.66. The number of rotatable bonds is 9. The van der Waals surface area contributed by atoms with Crippen LogP contribution in [0.4, 0.5) is 4.39 Å². The van der Waals surface area contributed by atoms with Gasteiger partial charge in [-0.3, -0.25) is 5.41 Å². The predicted molar refractivity (Wildman–Crippen MR) is 115 cm³/mol. The third-order valence-corrected chi connectivity index (χ3v) is 7.10. The van der Waals surface area contributed by atoms with E-state index in [1.807, 2.05) is 0 Å². The van der Waals surface area contributed by atoms with Crippen LogP contribution < -0.4 is 0 Å². The number of fused-ring (bicyclic) bond motifs is 2. The predicted octanol–water partition coefficient (Wildman–Crippen LogP) is 5.71. The zero-order valence-corrected chi connectivity index (χ0v) is 18.7. The van der Waals surface area contributed by atoms with Crippen LogP contribution in [0.25, 0.3) is 0 Å². The van der Waals surface area contributed by atoms with E-state index in [9.17, 15) is 20.2 Å². The molecule has 0 amide bonds. The summed E-state index contributed by atoms with van der Waals surface area (Å²) >= 11 is 0. The van der Waals surface area contributed by atoms with E-state index in [1.165, 1.54) is 43.5 Å². The van der Waals surface area contributed by atoms with Crippen LogP contribution in [0, 0.1) is 62.0 Å². The van der Waals surface area contributed by atoms with Crippen molar-refractivity contribution >= 4 is 5.90 Å². The molecule has 2 fully saturated rings. The molecular formula is C25H29FN4O2. The molecule has 0 aromatic heterocycles. The number of unbranched alkanes of at least 4 members (excludes halogenated alkanes) is 6. The maximum atomic E-state index is 13.6. The lowest BCUT2D eigenvalue weighted by atomic mass is 9.53. The quantitative estimate of drug-likeness (QED) is 0.498. The van der Waals surface area contributed by atoms with Crippen molar-refractivity contribution in [2.24, 2.45) is 16.7 Å². The molecule has 1 aromatic rings. The van der Waals surface area contributed by atoms with E-state index in [0.29, 0.717) is 12.0 Å². The Morgan fingerprint density at radius 1 is 0.969 bits per heavy atom. The Morgan fingerprint density at radius 2 is 1.56 bits per heavy atom. The number of hydrogen-bond acceptors (Lipinski definition) is 6. The van der Waals surface area contributed by atoms with Crippen LogP contribution in [-0.2, 0) is 15.3 Å². The third-order valence-electron chi connectivity index (χ3n) is 7.10. The summed E-state index contributed by atoms with van der Waals surface area (Å²) in [4.78, 5) is 0. The van der Waals surface area contributed by atoms with Gasteiger partial charge in [-0.15, -0.1) is 0 Å². The molecule has 0 saturated carbocycles. The maximum absolute atomic E-state index is 13.6. The van der Waals surface area contributed by atoms with Crippen LogP contribution in [0.1, 0.15) is 70.8 Å². The van der Waals surface area contributed by atoms with Crippen LogP contribution in [0.5, 0.6) is 0 Å². The first-order valence-corrected chi connectivity index (χ1v) is 11.3. The van der Waals surface area contributed by atoms with Gasteiger partial charge in [0, 0.05) is 5.56 Å². The highest BCUT2D eigenvalue weighted by atomic mass is 19.1. The lowest BCUT2D eigenvalue weighted by molar-refractivity contribution is -0.286. The Balaban J connectivity index is 1.95. The molecule has 0 spiro atoms. The zero-order valence-electron chi connectivity index (χ0n) is 18.7. The lowest BCUT2D eigenvalue weighted by Crippen LogP contribution is -2.60. The summed E-state index contributed by atoms with van der Waals surface area (Å²) in [6, 6.07) is 11.8. The highest BCUT2D eigenvalue weighted by molar-refractivity contribution is 5.89. The fourth-order valence-electron chi connectivity index (χ4n) is 5.21. The molecule has 1 N–H and O–H groups in total. The molecular weight excluding hydrogens is 407 g/mol. The molecule has 2 aliphatic rings. The van der Waals surface area contributed by atoms with Crippen LogP contribution in [0.2, 0.25) is 0 Å². The van der Waals surface area contributed by atoms with E-state index in [1.54, 1.807) is 6.92 Å². The van der Waals surface area contributed by atoms with Crippen molar-refractivity contribution in [3.63, 3.8) is 0 Å². The molecule has 3 rings (SSSR count). The number of ether oxygens (including phenoxy) is 2. The van der Waals surface area contributed by atoms with Gasteiger partial charge in [0.15, 0.2) is 10.8 Å². The molecule has 6 nitrogen and oxygen atoms in total. The molecule has 7 heteroatoms. The number of halogens is 1. The normalized spacial score (nSPS) is 30.1. The van der Waals surface area contributed by atoms with Crippen LogP contribution >= 0.6 is 0 Å². The van der Waals surface area contributed by atoms with E-state index in [4.69, 9.17) is 14.9 Å². The summed E-state index contributed by atoms with van der Waals surface area (Å²) in [5.74, 6) is -3.22. The minimum atomic E-state index is -1.87. The van der Waals surface area contributed by atoms with E-state index >= 15 is 0 Å². The first-order valence-electron chi connectivity index (χ1n) is 11.3. The minimum absolute atomic E-state index is 0.393. The number of nitrogens with zero attached hydrogens (tertiary/aromatic N) is 3. The largest absolute Gasteiger partial charge is 0.443 e. The third kappa shape index (κ3) is 3.35. The van der Waals surface area contributed by atoms with Crippen LogP contribution in [0.15, 0.2) is 24.3 Å². The van der Waals surface area contributed by atoms with Gasteiger partial charge in [-0.1, -0.05) is 58.8 Å². The van der Waals surface area contributed by atoms with Gasteiger partial charge in [0.1, 0.15) is 5.82 Å². The second-order valence-electron chi connectivity index (χ2n) is 8.80. The van der Waals surface area contributed by atoms with Gasteiger partial charge in [-0.25, -0.2) is 4.39 Å². The first kappa shape index (κ1) is 23.7. The topological polar surface area (TPSA) is 114 Å². The monoisotopic (exact) mass is 436 g/mol. The van der Waals surface area contributed by atoms with E-state index in [-0.39, 0.29) is 0 Å². The van der Waals surface area contributed by atoms with Crippen molar-refractivity contribution in [2.45, 2.75) is 77.1 Å². The van der Waals surface area contributed by atoms with Gasteiger partial charge in [0.05, 0.1) is 30.2 Å². The molecule has 4 atom stereocenters. The van der Waals surface area contributed by atoms with E-state index in [0.717, 1.165) is 25.7 Å². The first-order chi connectivity index (χ1) is 15.4. The summed E-state index contributed by atoms with van der Waals surface area (Å²) in [6.07, 6.45) is 6.88. The standard InChI is InChI=1S/C25H29FN4O2/c1-3-4-5-6-7-8-9-10-21-23(15-27,16-28)24(17-29)18(2)25(31-21,32-22(24)30)19-11-13-20(26)14-12-19/h11-14,18,21,30H,3-10H2,1-2H3. The number of nitrogens with one attached hydrogen (secondary N) is 1. The summed E-state index contributed by atoms with van der Waals surface area (Å²) in [5.41, 5.74) is -3.20. The fourth-order valence-corrected chi connectivity index (χ4v) is 5.21. The van der Waals surface area contributed by atoms with E-state index in [2.05, 4.69) is 25.1 Å². The highest BCUT2D eigenvalue weighted by Gasteiger charge is 2.79. The molecule has 0 aliphatic carbocycles. The molecule has 0 radical (unpaired) electrons. The van der Waals surface area contributed by atoms with Crippen molar-refractivity contribution < 1.29 is 13.9 Å². The van der Waals surface area contributed by atoms with Crippen molar-refractivity contribution in [2.75, 3.05) is 0 Å². The summed E-state index contributed by atoms with van der Waals surface area (Å²) in [5, 5.41) is 39.1. The molecule has 32 heavy (non-hydrogen) atoms. The Kier molecular flexibility index (Phi) is 6.87. The van der Waals surface area contributed by atoms with Gasteiger partial charge >= 0.3 is 0 Å². The fraction of sp³-hybridized carbons (Fsp3) is 0.600. The molecule has 2 saturated heterocycles. The number of benzene rings is 1. The Morgan fingerprint density at radius 3 is 2.12 bits per heavy atom. The van der Waals surface area contributed by atoms with Crippen molar-refractivity contribution in [1.29, 1.82) is 21.2 Å². The molecule has 4 unspecified atom stereocenters. The van der Waals surface area contributed by atoms with Gasteiger partial charge in [0.25, 0.3) is 0 Å². The summed E-state index contributed by atoms with van der Waals surface area (Å²) in [6.45, 7) is 3.82. The van der Waals surface area contributed by atoms with Gasteiger partial charge in [0.2, 0.25) is 11.7 Å². The van der Waals surface area contributed by atoms with Crippen LogP contribution in [-0.4, -0.2) is 12.0 Å². The Labute approximate surface area is 189 Å². The minimum Gasteiger partial charge on any atom is -0.443 e. The molecule has 168 valence electrons. The van der Waals surface area contributed by atoms with Crippen molar-refractivity contribution in [1.82, 2.24) is 0 Å². The van der Waals surface area contributed by atoms with Crippen molar-refractivity contribution in [3.8, 4) is 18.2 Å². The average molecular weight is 437 g/mol. The number of nitriles is 3. The second kappa shape index (κ2) is 9.27. The maximum Gasteiger partial charge on any atom is 0.243 e. The smallest absolute Gasteiger partial charge is 0.243 e. The second-order valence-corrected chi connectivity index (χ2v) is 8.80. The van der Waals surface area contributed by atoms with Gasteiger partial charge < -0.3 is 9.47 Å². The molecule has 2 aliphatic heterocycles. The Hall–Kier alpha value is -2.95. The van der Waals surface area contributed by atoms with E-state index < -0.39 is 40.4 Å². The van der Waals surface area contributed by atoms with Gasteiger partial charge in [-0.2, -0.15) is 15.8 Å². The summed E-state index contributed by atoms with van der Waals surface area (Å²) in [7, 11) is 0. The van der Waals surface area contributed by atoms with Gasteiger partial charge in [-0.05, 0) is 30.7 Å². The molecule has 2 heterocycles. The lowest BCUT2D eigenvalue weighted by Gasteiger charge is -2.48. The SMILES string of the molecule is CCCCCCCCCC1OC2(c3ccc(F)cc3)OC(=N)C(C#N)(C2C)C1(C#N)C#N. The van der Waals surface area contributed by atoms with Crippen LogP contribution in [0.3, 0.4) is 0 Å². The number of hydrogen-bond donors (Lipinski definition) is 1. The Bertz CT molecular complexity index is 960. The molecule has 2 bridgehead atoms. The summed E-state index contributed by atoms with van der Waals surface area (Å²) < 4.78 is 25.8. The molecule has 1 aromatic carbocycles.